The lowest BCUT2D eigenvalue weighted by atomic mass is 10.1. The molecule has 6 nitrogen and oxygen atoms in total. The quantitative estimate of drug-likeness (QED) is 0.690. The van der Waals surface area contributed by atoms with Crippen LogP contribution in [0.3, 0.4) is 0 Å². The van der Waals surface area contributed by atoms with Gasteiger partial charge in [-0.1, -0.05) is 41.9 Å². The maximum absolute atomic E-state index is 13.3. The van der Waals surface area contributed by atoms with Crippen LogP contribution in [0, 0.1) is 13.8 Å². The molecule has 2 aromatic carbocycles. The number of hydrogen-bond donors (Lipinski definition) is 1. The molecule has 30 heavy (non-hydrogen) atoms. The molecule has 1 aliphatic rings. The topological polar surface area (TPSA) is 61.6 Å². The number of hydrogen-bond acceptors (Lipinski definition) is 4. The Balaban J connectivity index is 1.49. The predicted molar refractivity (Wildman–Crippen MR) is 118 cm³/mol. The van der Waals surface area contributed by atoms with E-state index in [4.69, 9.17) is 11.6 Å². The van der Waals surface area contributed by atoms with E-state index in [1.807, 2.05) is 65.9 Å². The van der Waals surface area contributed by atoms with Crippen LogP contribution in [0.4, 0.5) is 5.69 Å². The van der Waals surface area contributed by atoms with Crippen LogP contribution < -0.4 is 4.90 Å². The van der Waals surface area contributed by atoms with Crippen molar-refractivity contribution in [3.63, 3.8) is 0 Å². The van der Waals surface area contributed by atoms with E-state index < -0.39 is 0 Å². The number of halogens is 1. The summed E-state index contributed by atoms with van der Waals surface area (Å²) >= 11 is 6.29. The van der Waals surface area contributed by atoms with E-state index in [1.54, 1.807) is 6.07 Å². The third-order valence-corrected chi connectivity index (χ3v) is 6.03. The third kappa shape index (κ3) is 3.87. The summed E-state index contributed by atoms with van der Waals surface area (Å²) in [6.45, 7) is 6.89. The SMILES string of the molecule is Cc1nn(Cc2ccccc2Cl)c(C)c1C(=O)N1CCN(c2ccccc2O)CC1. The maximum atomic E-state index is 13.3. The predicted octanol–water partition coefficient (Wildman–Crippen LogP) is 3.87. The number of amides is 1. The molecule has 0 saturated carbocycles. The number of rotatable bonds is 4. The molecule has 156 valence electrons. The number of carbonyl (C=O) groups excluding carboxylic acids is 1. The lowest BCUT2D eigenvalue weighted by Crippen LogP contribution is -2.49. The van der Waals surface area contributed by atoms with Gasteiger partial charge >= 0.3 is 0 Å². The van der Waals surface area contributed by atoms with Gasteiger partial charge in [0.1, 0.15) is 5.75 Å². The summed E-state index contributed by atoms with van der Waals surface area (Å²) in [5, 5.41) is 15.4. The van der Waals surface area contributed by atoms with Crippen molar-refractivity contribution >= 4 is 23.2 Å². The first-order chi connectivity index (χ1) is 14.5. The molecule has 2 heterocycles. The van der Waals surface area contributed by atoms with Gasteiger partial charge in [0.2, 0.25) is 0 Å². The first-order valence-electron chi connectivity index (χ1n) is 10.1. The highest BCUT2D eigenvalue weighted by Gasteiger charge is 2.27. The number of aromatic nitrogens is 2. The molecule has 1 aliphatic heterocycles. The maximum Gasteiger partial charge on any atom is 0.257 e. The van der Waals surface area contributed by atoms with Crippen molar-refractivity contribution in [1.29, 1.82) is 0 Å². The first kappa shape index (κ1) is 20.3. The van der Waals surface area contributed by atoms with Gasteiger partial charge in [-0.25, -0.2) is 0 Å². The van der Waals surface area contributed by atoms with Crippen LogP contribution in [0.5, 0.6) is 5.75 Å². The van der Waals surface area contributed by atoms with E-state index in [1.165, 1.54) is 0 Å². The van der Waals surface area contributed by atoms with Crippen molar-refractivity contribution in [2.45, 2.75) is 20.4 Å². The smallest absolute Gasteiger partial charge is 0.257 e. The average Bonchev–Trinajstić information content (AvgIpc) is 3.03. The number of nitrogens with zero attached hydrogens (tertiary/aromatic N) is 4. The van der Waals surface area contributed by atoms with Gasteiger partial charge in [-0.3, -0.25) is 9.48 Å². The first-order valence-corrected chi connectivity index (χ1v) is 10.4. The lowest BCUT2D eigenvalue weighted by molar-refractivity contribution is 0.0745. The van der Waals surface area contributed by atoms with E-state index in [9.17, 15) is 9.90 Å². The Hall–Kier alpha value is -2.99. The van der Waals surface area contributed by atoms with Gasteiger partial charge in [0.25, 0.3) is 5.91 Å². The summed E-state index contributed by atoms with van der Waals surface area (Å²) in [5.41, 5.74) is 4.02. The molecule has 1 aromatic heterocycles. The minimum Gasteiger partial charge on any atom is -0.506 e. The van der Waals surface area contributed by atoms with Gasteiger partial charge in [-0.2, -0.15) is 5.10 Å². The van der Waals surface area contributed by atoms with Gasteiger partial charge in [0, 0.05) is 36.9 Å². The molecule has 0 bridgehead atoms. The van der Waals surface area contributed by atoms with Crippen molar-refractivity contribution in [3.05, 3.63) is 76.1 Å². The number of benzene rings is 2. The monoisotopic (exact) mass is 424 g/mol. The van der Waals surface area contributed by atoms with Gasteiger partial charge in [0.05, 0.1) is 23.5 Å². The zero-order chi connectivity index (χ0) is 21.3. The van der Waals surface area contributed by atoms with Gasteiger partial charge in [0.15, 0.2) is 0 Å². The largest absolute Gasteiger partial charge is 0.506 e. The normalized spacial score (nSPS) is 14.2. The number of phenolic OH excluding ortho intramolecular Hbond substituents is 1. The molecule has 1 fully saturated rings. The highest BCUT2D eigenvalue weighted by atomic mass is 35.5. The number of anilines is 1. The van der Waals surface area contributed by atoms with Gasteiger partial charge in [-0.15, -0.1) is 0 Å². The Morgan fingerprint density at radius 2 is 1.70 bits per heavy atom. The molecule has 3 aromatic rings. The van der Waals surface area contributed by atoms with Crippen LogP contribution in [-0.4, -0.2) is 51.9 Å². The molecular formula is C23H25ClN4O2. The van der Waals surface area contributed by atoms with Crippen LogP contribution in [0.25, 0.3) is 0 Å². The molecule has 0 unspecified atom stereocenters. The number of aryl methyl sites for hydroxylation is 1. The van der Waals surface area contributed by atoms with Crippen LogP contribution in [0.1, 0.15) is 27.3 Å². The molecule has 1 amide bonds. The molecule has 0 aliphatic carbocycles. The summed E-state index contributed by atoms with van der Waals surface area (Å²) in [5.74, 6) is 0.275. The third-order valence-electron chi connectivity index (χ3n) is 5.66. The summed E-state index contributed by atoms with van der Waals surface area (Å²) in [7, 11) is 0. The standard InChI is InChI=1S/C23H25ClN4O2/c1-16-22(17(2)28(25-16)15-18-7-3-4-8-19(18)24)23(30)27-13-11-26(12-14-27)20-9-5-6-10-21(20)29/h3-10,29H,11-15H2,1-2H3. The van der Waals surface area contributed by atoms with Gasteiger partial charge < -0.3 is 14.9 Å². The zero-order valence-electron chi connectivity index (χ0n) is 17.2. The van der Waals surface area contributed by atoms with Gasteiger partial charge in [-0.05, 0) is 37.6 Å². The summed E-state index contributed by atoms with van der Waals surface area (Å²) in [6, 6.07) is 15.0. The van der Waals surface area contributed by atoms with Crippen molar-refractivity contribution in [1.82, 2.24) is 14.7 Å². The van der Waals surface area contributed by atoms with Crippen LogP contribution in [0.15, 0.2) is 48.5 Å². The Morgan fingerprint density at radius 3 is 2.40 bits per heavy atom. The Labute approximate surface area is 181 Å². The molecule has 0 atom stereocenters. The minimum absolute atomic E-state index is 0.00680. The van der Waals surface area contributed by atoms with E-state index in [-0.39, 0.29) is 11.7 Å². The van der Waals surface area contributed by atoms with Crippen LogP contribution in [-0.2, 0) is 6.54 Å². The van der Waals surface area contributed by atoms with Crippen LogP contribution >= 0.6 is 11.6 Å². The fourth-order valence-corrected chi connectivity index (χ4v) is 4.18. The summed E-state index contributed by atoms with van der Waals surface area (Å²) in [4.78, 5) is 17.2. The number of para-hydroxylation sites is 2. The molecule has 7 heteroatoms. The Bertz CT molecular complexity index is 1070. The molecule has 0 spiro atoms. The molecular weight excluding hydrogens is 400 g/mol. The molecule has 1 saturated heterocycles. The number of piperazine rings is 1. The summed E-state index contributed by atoms with van der Waals surface area (Å²) < 4.78 is 1.85. The van der Waals surface area contributed by atoms with Crippen LogP contribution in [0.2, 0.25) is 5.02 Å². The number of aromatic hydroxyl groups is 1. The zero-order valence-corrected chi connectivity index (χ0v) is 17.9. The minimum atomic E-state index is 0.00680. The number of phenols is 1. The van der Waals surface area contributed by atoms with E-state index in [0.717, 1.165) is 22.6 Å². The van der Waals surface area contributed by atoms with Crippen molar-refractivity contribution in [2.75, 3.05) is 31.1 Å². The molecule has 4 rings (SSSR count). The second-order valence-corrected chi connectivity index (χ2v) is 7.97. The van der Waals surface area contributed by atoms with Crippen molar-refractivity contribution < 1.29 is 9.90 Å². The Morgan fingerprint density at radius 1 is 1.03 bits per heavy atom. The lowest BCUT2D eigenvalue weighted by Gasteiger charge is -2.36. The summed E-state index contributed by atoms with van der Waals surface area (Å²) in [6.07, 6.45) is 0. The second kappa shape index (κ2) is 8.40. The fourth-order valence-electron chi connectivity index (χ4n) is 3.99. The molecule has 0 radical (unpaired) electrons. The average molecular weight is 425 g/mol. The number of carbonyl (C=O) groups is 1. The second-order valence-electron chi connectivity index (χ2n) is 7.56. The van der Waals surface area contributed by atoms with E-state index in [0.29, 0.717) is 43.3 Å². The fraction of sp³-hybridized carbons (Fsp3) is 0.304. The van der Waals surface area contributed by atoms with E-state index in [2.05, 4.69) is 10.00 Å². The van der Waals surface area contributed by atoms with Crippen molar-refractivity contribution in [2.24, 2.45) is 0 Å². The van der Waals surface area contributed by atoms with Crippen molar-refractivity contribution in [3.8, 4) is 5.75 Å². The molecule has 1 N–H and O–H groups in total. The Kier molecular flexibility index (Phi) is 5.68. The highest BCUT2D eigenvalue weighted by Crippen LogP contribution is 2.28. The highest BCUT2D eigenvalue weighted by molar-refractivity contribution is 6.31. The van der Waals surface area contributed by atoms with E-state index >= 15 is 0 Å².